The van der Waals surface area contributed by atoms with Crippen LogP contribution in [0, 0.1) is 5.82 Å². The molecule has 1 aliphatic heterocycles. The molecule has 36 heavy (non-hydrogen) atoms. The van der Waals surface area contributed by atoms with Gasteiger partial charge in [-0.1, -0.05) is 72.3 Å². The smallest absolute Gasteiger partial charge is 0.344 e. The molecule has 0 bridgehead atoms. The van der Waals surface area contributed by atoms with Gasteiger partial charge in [0.25, 0.3) is 11.1 Å². The summed E-state index contributed by atoms with van der Waals surface area (Å²) >= 11 is 6.79. The normalized spacial score (nSPS) is 14.6. The predicted octanol–water partition coefficient (Wildman–Crippen LogP) is 7.09. The van der Waals surface area contributed by atoms with Gasteiger partial charge in [-0.05, 0) is 52.9 Å². The van der Waals surface area contributed by atoms with E-state index in [0.29, 0.717) is 11.1 Å². The molecule has 0 radical (unpaired) electrons. The maximum Gasteiger partial charge on any atom is 0.344 e. The fraction of sp³-hybridized carbons (Fsp3) is 0.0357. The molecule has 2 amide bonds. The fourth-order valence-electron chi connectivity index (χ4n) is 3.87. The number of rotatable bonds is 5. The van der Waals surface area contributed by atoms with Crippen LogP contribution in [0.25, 0.3) is 16.8 Å². The van der Waals surface area contributed by atoms with E-state index in [0.717, 1.165) is 27.4 Å². The number of ether oxygens (including phenoxy) is 1. The molecular weight excluding hydrogens is 501 g/mol. The summed E-state index contributed by atoms with van der Waals surface area (Å²) in [6, 6.07) is 23.7. The first-order valence-electron chi connectivity index (χ1n) is 10.9. The van der Waals surface area contributed by atoms with E-state index in [1.54, 1.807) is 36.4 Å². The van der Waals surface area contributed by atoms with Gasteiger partial charge >= 0.3 is 5.97 Å². The van der Waals surface area contributed by atoms with Crippen LogP contribution < -0.4 is 4.74 Å². The Morgan fingerprint density at radius 2 is 1.67 bits per heavy atom. The molecule has 0 N–H and O–H groups in total. The summed E-state index contributed by atoms with van der Waals surface area (Å²) in [6.45, 7) is -0.286. The van der Waals surface area contributed by atoms with E-state index < -0.39 is 22.9 Å². The number of imide groups is 1. The third-order valence-corrected chi connectivity index (χ3v) is 6.93. The van der Waals surface area contributed by atoms with Gasteiger partial charge in [-0.25, -0.2) is 9.18 Å². The van der Waals surface area contributed by atoms with E-state index in [1.165, 1.54) is 24.3 Å². The number of esters is 1. The average Bonchev–Trinajstić information content (AvgIpc) is 3.14. The van der Waals surface area contributed by atoms with Crippen molar-refractivity contribution in [3.63, 3.8) is 0 Å². The third kappa shape index (κ3) is 4.63. The zero-order chi connectivity index (χ0) is 25.2. The largest absolute Gasteiger partial charge is 0.422 e. The van der Waals surface area contributed by atoms with E-state index in [2.05, 4.69) is 0 Å². The lowest BCUT2D eigenvalue weighted by atomic mass is 10.0. The fourth-order valence-corrected chi connectivity index (χ4v) is 4.92. The number of carbonyl (C=O) groups is 3. The van der Waals surface area contributed by atoms with Gasteiger partial charge in [-0.15, -0.1) is 0 Å². The standard InChI is InChI=1S/C28H17ClFNO4S/c29-22-12-6-13-23(30)21(22)16-31-26(32)25(36-28(31)34)15-18-8-2-4-14-24(18)35-27(33)20-11-5-9-17-7-1-3-10-19(17)20/h1-15H,16H2/b25-15-. The molecule has 0 atom stereocenters. The molecule has 8 heteroatoms. The van der Waals surface area contributed by atoms with E-state index in [9.17, 15) is 18.8 Å². The minimum Gasteiger partial charge on any atom is -0.422 e. The Morgan fingerprint density at radius 3 is 2.50 bits per heavy atom. The molecule has 1 fully saturated rings. The van der Waals surface area contributed by atoms with Gasteiger partial charge in [-0.2, -0.15) is 0 Å². The van der Waals surface area contributed by atoms with Crippen molar-refractivity contribution in [1.82, 2.24) is 4.90 Å². The first-order chi connectivity index (χ1) is 17.4. The van der Waals surface area contributed by atoms with Crippen LogP contribution in [-0.2, 0) is 11.3 Å². The summed E-state index contributed by atoms with van der Waals surface area (Å²) in [7, 11) is 0. The second kappa shape index (κ2) is 9.97. The van der Waals surface area contributed by atoms with E-state index >= 15 is 0 Å². The number of benzene rings is 4. The Labute approximate surface area is 215 Å². The Hall–Kier alpha value is -3.94. The molecule has 4 aromatic carbocycles. The molecule has 0 saturated carbocycles. The molecular formula is C28H17ClFNO4S. The molecule has 1 saturated heterocycles. The van der Waals surface area contributed by atoms with Crippen molar-refractivity contribution in [3.8, 4) is 5.75 Å². The number of carbonyl (C=O) groups excluding carboxylic acids is 3. The zero-order valence-corrected chi connectivity index (χ0v) is 20.2. The number of amides is 2. The maximum atomic E-state index is 14.2. The van der Waals surface area contributed by atoms with Crippen LogP contribution in [0.4, 0.5) is 9.18 Å². The number of nitrogens with zero attached hydrogens (tertiary/aromatic N) is 1. The van der Waals surface area contributed by atoms with Gasteiger partial charge in [-0.3, -0.25) is 14.5 Å². The Bertz CT molecular complexity index is 1540. The van der Waals surface area contributed by atoms with Crippen LogP contribution in [0.5, 0.6) is 5.75 Å². The van der Waals surface area contributed by atoms with Crippen molar-refractivity contribution in [3.05, 3.63) is 117 Å². The highest BCUT2D eigenvalue weighted by Gasteiger charge is 2.36. The van der Waals surface area contributed by atoms with Crippen molar-refractivity contribution in [2.75, 3.05) is 0 Å². The summed E-state index contributed by atoms with van der Waals surface area (Å²) < 4.78 is 19.9. The molecule has 0 spiro atoms. The molecule has 0 aromatic heterocycles. The lowest BCUT2D eigenvalue weighted by Gasteiger charge is -2.14. The van der Waals surface area contributed by atoms with Crippen molar-refractivity contribution in [1.29, 1.82) is 0 Å². The molecule has 178 valence electrons. The van der Waals surface area contributed by atoms with Crippen LogP contribution in [0.3, 0.4) is 0 Å². The Morgan fingerprint density at radius 1 is 0.944 bits per heavy atom. The van der Waals surface area contributed by atoms with E-state index in [1.807, 2.05) is 30.3 Å². The predicted molar refractivity (Wildman–Crippen MR) is 138 cm³/mol. The quantitative estimate of drug-likeness (QED) is 0.161. The van der Waals surface area contributed by atoms with Gasteiger partial charge in [0.15, 0.2) is 0 Å². The second-order valence-corrected chi connectivity index (χ2v) is 9.32. The summed E-state index contributed by atoms with van der Waals surface area (Å²) in [4.78, 5) is 39.6. The number of para-hydroxylation sites is 1. The number of thioether (sulfide) groups is 1. The first-order valence-corrected chi connectivity index (χ1v) is 12.1. The Balaban J connectivity index is 1.41. The van der Waals surface area contributed by atoms with Crippen molar-refractivity contribution in [2.45, 2.75) is 6.54 Å². The van der Waals surface area contributed by atoms with E-state index in [-0.39, 0.29) is 27.8 Å². The summed E-state index contributed by atoms with van der Waals surface area (Å²) in [5.41, 5.74) is 0.914. The van der Waals surface area contributed by atoms with Crippen LogP contribution in [-0.4, -0.2) is 22.0 Å². The van der Waals surface area contributed by atoms with Crippen molar-refractivity contribution in [2.24, 2.45) is 0 Å². The summed E-state index contributed by atoms with van der Waals surface area (Å²) in [5, 5.41) is 1.25. The lowest BCUT2D eigenvalue weighted by molar-refractivity contribution is -0.123. The highest BCUT2D eigenvalue weighted by Crippen LogP contribution is 2.36. The molecule has 0 aliphatic carbocycles. The van der Waals surface area contributed by atoms with Gasteiger partial charge < -0.3 is 4.74 Å². The highest BCUT2D eigenvalue weighted by molar-refractivity contribution is 8.18. The van der Waals surface area contributed by atoms with Crippen molar-refractivity contribution >= 4 is 57.3 Å². The van der Waals surface area contributed by atoms with E-state index in [4.69, 9.17) is 16.3 Å². The lowest BCUT2D eigenvalue weighted by Crippen LogP contribution is -2.28. The number of fused-ring (bicyclic) bond motifs is 1. The van der Waals surface area contributed by atoms with Crippen LogP contribution in [0.1, 0.15) is 21.5 Å². The number of hydrogen-bond acceptors (Lipinski definition) is 5. The van der Waals surface area contributed by atoms with Gasteiger partial charge in [0.05, 0.1) is 17.0 Å². The zero-order valence-electron chi connectivity index (χ0n) is 18.6. The van der Waals surface area contributed by atoms with Gasteiger partial charge in [0.2, 0.25) is 0 Å². The van der Waals surface area contributed by atoms with Gasteiger partial charge in [0, 0.05) is 16.1 Å². The topological polar surface area (TPSA) is 63.7 Å². The maximum absolute atomic E-state index is 14.2. The minimum absolute atomic E-state index is 0.0622. The number of halogens is 2. The number of hydrogen-bond donors (Lipinski definition) is 0. The van der Waals surface area contributed by atoms with Crippen molar-refractivity contribution < 1.29 is 23.5 Å². The molecule has 5 rings (SSSR count). The second-order valence-electron chi connectivity index (χ2n) is 7.92. The molecule has 0 unspecified atom stereocenters. The Kier molecular flexibility index (Phi) is 6.59. The summed E-state index contributed by atoms with van der Waals surface area (Å²) in [6.07, 6.45) is 1.49. The molecule has 1 heterocycles. The third-order valence-electron chi connectivity index (χ3n) is 5.67. The molecule has 4 aromatic rings. The molecule has 1 aliphatic rings. The molecule has 5 nitrogen and oxygen atoms in total. The van der Waals surface area contributed by atoms with Gasteiger partial charge in [0.1, 0.15) is 11.6 Å². The SMILES string of the molecule is O=C(Oc1ccccc1/C=C1\SC(=O)N(Cc2c(F)cccc2Cl)C1=O)c1cccc2ccccc12. The van der Waals surface area contributed by atoms with Crippen LogP contribution >= 0.6 is 23.4 Å². The first kappa shape index (κ1) is 23.8. The van der Waals surface area contributed by atoms with Crippen LogP contribution in [0.2, 0.25) is 5.02 Å². The monoisotopic (exact) mass is 517 g/mol. The average molecular weight is 518 g/mol. The summed E-state index contributed by atoms with van der Waals surface area (Å²) in [5.74, 6) is -1.50. The minimum atomic E-state index is -0.601. The van der Waals surface area contributed by atoms with Crippen LogP contribution in [0.15, 0.2) is 89.8 Å². The highest BCUT2D eigenvalue weighted by atomic mass is 35.5.